The molecule has 1 N–H and O–H groups in total. The highest BCUT2D eigenvalue weighted by molar-refractivity contribution is 5.86. The molecule has 26 heavy (non-hydrogen) atoms. The van der Waals surface area contributed by atoms with Gasteiger partial charge in [-0.25, -0.2) is 4.79 Å². The molecule has 0 spiro atoms. The van der Waals surface area contributed by atoms with Gasteiger partial charge in [-0.15, -0.1) is 0 Å². The molecule has 5 nitrogen and oxygen atoms in total. The van der Waals surface area contributed by atoms with E-state index in [0.29, 0.717) is 13.0 Å². The van der Waals surface area contributed by atoms with Crippen LogP contribution in [0.5, 0.6) is 0 Å². The summed E-state index contributed by atoms with van der Waals surface area (Å²) < 4.78 is 5.39. The maximum Gasteiger partial charge on any atom is 0.410 e. The summed E-state index contributed by atoms with van der Waals surface area (Å²) in [5.41, 5.74) is 1.97. The van der Waals surface area contributed by atoms with Crippen LogP contribution in [0.4, 0.5) is 4.79 Å². The molecular formula is C21H24N2O3. The quantitative estimate of drug-likeness (QED) is 0.893. The van der Waals surface area contributed by atoms with Crippen LogP contribution in [0.25, 0.3) is 0 Å². The molecule has 3 rings (SSSR count). The Hall–Kier alpha value is -2.82. The van der Waals surface area contributed by atoms with Crippen LogP contribution in [-0.2, 0) is 16.1 Å². The minimum Gasteiger partial charge on any atom is -0.445 e. The Bertz CT molecular complexity index is 733. The van der Waals surface area contributed by atoms with Gasteiger partial charge < -0.3 is 10.1 Å². The summed E-state index contributed by atoms with van der Waals surface area (Å²) >= 11 is 0. The number of amides is 2. The highest BCUT2D eigenvalue weighted by Gasteiger charge is 2.35. The number of likely N-dealkylation sites (tertiary alicyclic amines) is 1. The third-order valence-corrected chi connectivity index (χ3v) is 4.65. The maximum absolute atomic E-state index is 12.7. The normalized spacial score (nSPS) is 17.6. The van der Waals surface area contributed by atoms with Crippen molar-refractivity contribution in [2.75, 3.05) is 6.54 Å². The summed E-state index contributed by atoms with van der Waals surface area (Å²) in [6, 6.07) is 18.8. The number of carbonyl (C=O) groups is 2. The van der Waals surface area contributed by atoms with E-state index in [2.05, 4.69) is 5.32 Å². The highest BCUT2D eigenvalue weighted by atomic mass is 16.6. The van der Waals surface area contributed by atoms with Gasteiger partial charge in [0.2, 0.25) is 5.91 Å². The first-order valence-corrected chi connectivity index (χ1v) is 8.98. The topological polar surface area (TPSA) is 58.6 Å². The van der Waals surface area contributed by atoms with Crippen molar-refractivity contribution in [1.29, 1.82) is 0 Å². The van der Waals surface area contributed by atoms with Crippen molar-refractivity contribution in [2.45, 2.75) is 38.5 Å². The number of hydrogen-bond donors (Lipinski definition) is 1. The molecule has 1 aliphatic rings. The zero-order chi connectivity index (χ0) is 18.4. The summed E-state index contributed by atoms with van der Waals surface area (Å²) in [5, 5.41) is 3.01. The molecular weight excluding hydrogens is 328 g/mol. The van der Waals surface area contributed by atoms with E-state index in [9.17, 15) is 9.59 Å². The average molecular weight is 352 g/mol. The predicted octanol–water partition coefficient (Wildman–Crippen LogP) is 3.67. The molecule has 0 radical (unpaired) electrons. The minimum absolute atomic E-state index is 0.105. The van der Waals surface area contributed by atoms with Gasteiger partial charge in [-0.1, -0.05) is 60.7 Å². The Morgan fingerprint density at radius 2 is 1.77 bits per heavy atom. The maximum atomic E-state index is 12.7. The summed E-state index contributed by atoms with van der Waals surface area (Å²) in [4.78, 5) is 26.6. The Morgan fingerprint density at radius 3 is 2.46 bits per heavy atom. The van der Waals surface area contributed by atoms with Gasteiger partial charge in [0.15, 0.2) is 0 Å². The number of ether oxygens (including phenoxy) is 1. The van der Waals surface area contributed by atoms with Gasteiger partial charge in [-0.3, -0.25) is 9.69 Å². The van der Waals surface area contributed by atoms with Crippen LogP contribution in [0, 0.1) is 0 Å². The number of hydrogen-bond acceptors (Lipinski definition) is 3. The molecule has 1 aliphatic heterocycles. The van der Waals surface area contributed by atoms with Gasteiger partial charge in [-0.05, 0) is 30.9 Å². The molecule has 0 saturated carbocycles. The molecule has 1 heterocycles. The van der Waals surface area contributed by atoms with E-state index in [-0.39, 0.29) is 18.6 Å². The van der Waals surface area contributed by atoms with Crippen LogP contribution < -0.4 is 5.32 Å². The number of carbonyl (C=O) groups excluding carboxylic acids is 2. The van der Waals surface area contributed by atoms with E-state index in [1.807, 2.05) is 67.6 Å². The minimum atomic E-state index is -0.468. The Morgan fingerprint density at radius 1 is 1.12 bits per heavy atom. The second kappa shape index (κ2) is 8.52. The number of benzene rings is 2. The largest absolute Gasteiger partial charge is 0.445 e. The van der Waals surface area contributed by atoms with Crippen molar-refractivity contribution < 1.29 is 14.3 Å². The molecule has 1 saturated heterocycles. The van der Waals surface area contributed by atoms with Crippen LogP contribution in [0.3, 0.4) is 0 Å². The first-order chi connectivity index (χ1) is 12.6. The van der Waals surface area contributed by atoms with Gasteiger partial charge in [0.25, 0.3) is 0 Å². The highest BCUT2D eigenvalue weighted by Crippen LogP contribution is 2.21. The van der Waals surface area contributed by atoms with Crippen LogP contribution in [0.15, 0.2) is 60.7 Å². The molecule has 0 unspecified atom stereocenters. The van der Waals surface area contributed by atoms with Crippen molar-refractivity contribution >= 4 is 12.0 Å². The van der Waals surface area contributed by atoms with E-state index >= 15 is 0 Å². The molecule has 136 valence electrons. The molecule has 2 atom stereocenters. The van der Waals surface area contributed by atoms with Gasteiger partial charge in [-0.2, -0.15) is 0 Å². The lowest BCUT2D eigenvalue weighted by Crippen LogP contribution is -2.46. The van der Waals surface area contributed by atoms with Crippen LogP contribution >= 0.6 is 0 Å². The first-order valence-electron chi connectivity index (χ1n) is 8.98. The van der Waals surface area contributed by atoms with Crippen LogP contribution in [0.1, 0.15) is 36.9 Å². The molecule has 2 aromatic carbocycles. The second-order valence-electron chi connectivity index (χ2n) is 6.53. The third kappa shape index (κ3) is 4.42. The summed E-state index contributed by atoms with van der Waals surface area (Å²) in [6.07, 6.45) is 1.03. The molecule has 2 amide bonds. The lowest BCUT2D eigenvalue weighted by atomic mass is 10.1. The summed E-state index contributed by atoms with van der Waals surface area (Å²) in [6.45, 7) is 2.70. The van der Waals surface area contributed by atoms with E-state index in [1.165, 1.54) is 4.90 Å². The smallest absolute Gasteiger partial charge is 0.410 e. The summed E-state index contributed by atoms with van der Waals surface area (Å²) in [5.74, 6) is -0.129. The van der Waals surface area contributed by atoms with Crippen molar-refractivity contribution in [3.8, 4) is 0 Å². The fourth-order valence-electron chi connectivity index (χ4n) is 3.19. The lowest BCUT2D eigenvalue weighted by molar-refractivity contribution is -0.125. The van der Waals surface area contributed by atoms with Crippen LogP contribution in [-0.4, -0.2) is 29.5 Å². The number of nitrogens with zero attached hydrogens (tertiary/aromatic N) is 1. The Balaban J connectivity index is 1.56. The fourth-order valence-corrected chi connectivity index (χ4v) is 3.19. The Kier molecular flexibility index (Phi) is 5.89. The number of nitrogens with one attached hydrogen (secondary N) is 1. The van der Waals surface area contributed by atoms with E-state index in [0.717, 1.165) is 17.5 Å². The lowest BCUT2D eigenvalue weighted by Gasteiger charge is -2.25. The van der Waals surface area contributed by atoms with Gasteiger partial charge in [0, 0.05) is 6.54 Å². The van der Waals surface area contributed by atoms with E-state index < -0.39 is 12.1 Å². The van der Waals surface area contributed by atoms with Gasteiger partial charge in [0.1, 0.15) is 12.6 Å². The summed E-state index contributed by atoms with van der Waals surface area (Å²) in [7, 11) is 0. The standard InChI is InChI=1S/C21H24N2O3/c1-16(18-11-6-3-7-12-18)22-20(24)19-13-8-14-23(19)21(25)26-15-17-9-4-2-5-10-17/h2-7,9-12,16,19H,8,13-15H2,1H3,(H,22,24)/t16-,19+/m1/s1. The van der Waals surface area contributed by atoms with Crippen molar-refractivity contribution in [3.05, 3.63) is 71.8 Å². The van der Waals surface area contributed by atoms with Crippen molar-refractivity contribution in [3.63, 3.8) is 0 Å². The first kappa shape index (κ1) is 18.0. The SMILES string of the molecule is C[C@@H](NC(=O)[C@@H]1CCCN1C(=O)OCc1ccccc1)c1ccccc1. The van der Waals surface area contributed by atoms with Crippen molar-refractivity contribution in [1.82, 2.24) is 10.2 Å². The van der Waals surface area contributed by atoms with E-state index in [1.54, 1.807) is 0 Å². The zero-order valence-corrected chi connectivity index (χ0v) is 14.9. The second-order valence-corrected chi connectivity index (χ2v) is 6.53. The predicted molar refractivity (Wildman–Crippen MR) is 99.4 cm³/mol. The average Bonchev–Trinajstić information content (AvgIpc) is 3.17. The Labute approximate surface area is 154 Å². The van der Waals surface area contributed by atoms with Gasteiger partial charge in [0.05, 0.1) is 6.04 Å². The molecule has 2 aromatic rings. The van der Waals surface area contributed by atoms with Gasteiger partial charge >= 0.3 is 6.09 Å². The molecule has 0 aliphatic carbocycles. The monoisotopic (exact) mass is 352 g/mol. The molecule has 0 bridgehead atoms. The van der Waals surface area contributed by atoms with E-state index in [4.69, 9.17) is 4.74 Å². The molecule has 1 fully saturated rings. The number of rotatable bonds is 5. The zero-order valence-electron chi connectivity index (χ0n) is 14.9. The third-order valence-electron chi connectivity index (χ3n) is 4.65. The molecule has 0 aromatic heterocycles. The van der Waals surface area contributed by atoms with Crippen molar-refractivity contribution in [2.24, 2.45) is 0 Å². The fraction of sp³-hybridized carbons (Fsp3) is 0.333. The molecule has 5 heteroatoms. The van der Waals surface area contributed by atoms with Crippen LogP contribution in [0.2, 0.25) is 0 Å².